The van der Waals surface area contributed by atoms with Crippen molar-refractivity contribution in [3.63, 3.8) is 0 Å². The summed E-state index contributed by atoms with van der Waals surface area (Å²) in [4.78, 5) is 4.30. The first-order valence-corrected chi connectivity index (χ1v) is 9.99. The number of aromatic nitrogens is 1. The molecule has 0 aliphatic carbocycles. The highest BCUT2D eigenvalue weighted by molar-refractivity contribution is 6.30. The SMILES string of the molecule is CC\C=C(/C=C(F)\C=C\OC(F)(F)C(F)F)C(N)(Cc1ccccc1)c1ccc(Cl)cn1. The van der Waals surface area contributed by atoms with Gasteiger partial charge < -0.3 is 10.5 Å². The van der Waals surface area contributed by atoms with E-state index >= 15 is 0 Å². The molecule has 32 heavy (non-hydrogen) atoms. The van der Waals surface area contributed by atoms with Crippen molar-refractivity contribution < 1.29 is 26.7 Å². The van der Waals surface area contributed by atoms with Gasteiger partial charge >= 0.3 is 12.5 Å². The molecule has 1 unspecified atom stereocenters. The number of hydrogen-bond donors (Lipinski definition) is 1. The molecule has 1 heterocycles. The molecule has 2 N–H and O–H groups in total. The van der Waals surface area contributed by atoms with Gasteiger partial charge in [0.2, 0.25) is 0 Å². The van der Waals surface area contributed by atoms with E-state index < -0.39 is 23.9 Å². The third-order valence-corrected chi connectivity index (χ3v) is 4.67. The number of ether oxygens (including phenoxy) is 1. The molecule has 1 aromatic heterocycles. The standard InChI is InChI=1S/C23H22ClF5N2O/c1-2-6-17(13-19(25)11-12-32-23(28,29)21(26)27)22(30,14-16-7-4-3-5-8-16)20-10-9-18(24)15-31-20/h3-13,15,21H,2,14,30H2,1H3/b12-11+,17-6+,19-13+. The lowest BCUT2D eigenvalue weighted by Crippen LogP contribution is -2.41. The summed E-state index contributed by atoms with van der Waals surface area (Å²) in [5.74, 6) is -1.02. The number of nitrogens with two attached hydrogens (primary N) is 1. The molecule has 0 amide bonds. The van der Waals surface area contributed by atoms with Crippen LogP contribution in [0.4, 0.5) is 22.0 Å². The second kappa shape index (κ2) is 11.2. The zero-order valence-corrected chi connectivity index (χ0v) is 17.9. The molecule has 172 valence electrons. The summed E-state index contributed by atoms with van der Waals surface area (Å²) in [6, 6.07) is 12.4. The number of halogens is 6. The van der Waals surface area contributed by atoms with Gasteiger partial charge in [0, 0.05) is 18.7 Å². The van der Waals surface area contributed by atoms with Gasteiger partial charge in [-0.3, -0.25) is 4.98 Å². The van der Waals surface area contributed by atoms with Crippen molar-refractivity contribution >= 4 is 11.6 Å². The van der Waals surface area contributed by atoms with E-state index in [2.05, 4.69) is 9.72 Å². The topological polar surface area (TPSA) is 48.1 Å². The first kappa shape index (κ1) is 25.5. The summed E-state index contributed by atoms with van der Waals surface area (Å²) in [6.07, 6.45) is -3.26. The Kier molecular flexibility index (Phi) is 8.98. The van der Waals surface area contributed by atoms with Crippen molar-refractivity contribution in [2.24, 2.45) is 5.73 Å². The van der Waals surface area contributed by atoms with Crippen LogP contribution in [0, 0.1) is 0 Å². The second-order valence-electron chi connectivity index (χ2n) is 6.88. The second-order valence-corrected chi connectivity index (χ2v) is 7.31. The minimum atomic E-state index is -4.73. The number of rotatable bonds is 10. The van der Waals surface area contributed by atoms with Gasteiger partial charge in [0.05, 0.1) is 22.5 Å². The lowest BCUT2D eigenvalue weighted by atomic mass is 9.80. The Labute approximate surface area is 188 Å². The zero-order valence-electron chi connectivity index (χ0n) is 17.1. The maximum absolute atomic E-state index is 14.5. The lowest BCUT2D eigenvalue weighted by Gasteiger charge is -2.31. The Morgan fingerprint density at radius 3 is 2.44 bits per heavy atom. The summed E-state index contributed by atoms with van der Waals surface area (Å²) in [7, 11) is 0. The van der Waals surface area contributed by atoms with Crippen LogP contribution in [0.5, 0.6) is 0 Å². The molecule has 1 atom stereocenters. The fraction of sp³-hybridized carbons (Fsp3) is 0.261. The summed E-state index contributed by atoms with van der Waals surface area (Å²) in [5, 5.41) is 0.388. The fourth-order valence-corrected chi connectivity index (χ4v) is 3.04. The Balaban J connectivity index is 2.44. The lowest BCUT2D eigenvalue weighted by molar-refractivity contribution is -0.274. The number of benzene rings is 1. The fourth-order valence-electron chi connectivity index (χ4n) is 2.93. The highest BCUT2D eigenvalue weighted by Crippen LogP contribution is 2.33. The summed E-state index contributed by atoms with van der Waals surface area (Å²) < 4.78 is 68.2. The van der Waals surface area contributed by atoms with Crippen LogP contribution >= 0.6 is 11.6 Å². The van der Waals surface area contributed by atoms with Crippen molar-refractivity contribution in [1.29, 1.82) is 0 Å². The van der Waals surface area contributed by atoms with Gasteiger partial charge in [0.25, 0.3) is 0 Å². The summed E-state index contributed by atoms with van der Waals surface area (Å²) in [5.41, 5.74) is 7.01. The average molecular weight is 473 g/mol. The summed E-state index contributed by atoms with van der Waals surface area (Å²) >= 11 is 5.94. The van der Waals surface area contributed by atoms with E-state index in [-0.39, 0.29) is 12.7 Å². The van der Waals surface area contributed by atoms with Crippen LogP contribution in [0.15, 0.2) is 84.6 Å². The maximum atomic E-state index is 14.5. The highest BCUT2D eigenvalue weighted by Gasteiger charge is 2.42. The number of pyridine rings is 1. The molecule has 9 heteroatoms. The molecule has 0 radical (unpaired) electrons. The van der Waals surface area contributed by atoms with E-state index in [4.69, 9.17) is 17.3 Å². The van der Waals surface area contributed by atoms with Gasteiger partial charge in [-0.2, -0.15) is 17.6 Å². The van der Waals surface area contributed by atoms with Crippen LogP contribution in [-0.2, 0) is 16.7 Å². The third kappa shape index (κ3) is 6.90. The molecule has 1 aromatic carbocycles. The van der Waals surface area contributed by atoms with E-state index in [1.165, 1.54) is 6.20 Å². The number of alkyl halides is 4. The Bertz CT molecular complexity index is 962. The van der Waals surface area contributed by atoms with E-state index in [0.29, 0.717) is 28.8 Å². The van der Waals surface area contributed by atoms with Crippen molar-refractivity contribution in [3.05, 3.63) is 101 Å². The quantitative estimate of drug-likeness (QED) is 0.237. The van der Waals surface area contributed by atoms with Crippen molar-refractivity contribution in [2.75, 3.05) is 0 Å². The summed E-state index contributed by atoms with van der Waals surface area (Å²) in [6.45, 7) is 1.81. The molecule has 0 bridgehead atoms. The molecule has 0 fully saturated rings. The van der Waals surface area contributed by atoms with Crippen LogP contribution in [0.3, 0.4) is 0 Å². The molecule has 0 aliphatic heterocycles. The highest BCUT2D eigenvalue weighted by atomic mass is 35.5. The largest absolute Gasteiger partial charge is 0.460 e. The predicted molar refractivity (Wildman–Crippen MR) is 114 cm³/mol. The van der Waals surface area contributed by atoms with E-state index in [1.807, 2.05) is 37.3 Å². The molecule has 0 aliphatic rings. The Morgan fingerprint density at radius 1 is 1.19 bits per heavy atom. The number of allylic oxidation sites excluding steroid dienone is 3. The van der Waals surface area contributed by atoms with E-state index in [0.717, 1.165) is 11.6 Å². The normalized spacial score (nSPS) is 15.3. The number of nitrogens with zero attached hydrogens (tertiary/aromatic N) is 1. The van der Waals surface area contributed by atoms with Crippen LogP contribution in [0.25, 0.3) is 0 Å². The van der Waals surface area contributed by atoms with Crippen molar-refractivity contribution in [2.45, 2.75) is 37.8 Å². The molecule has 0 spiro atoms. The predicted octanol–water partition coefficient (Wildman–Crippen LogP) is 6.71. The molecule has 2 rings (SSSR count). The Hall–Kier alpha value is -2.71. The number of hydrogen-bond acceptors (Lipinski definition) is 3. The molecular weight excluding hydrogens is 451 g/mol. The van der Waals surface area contributed by atoms with Crippen LogP contribution < -0.4 is 5.73 Å². The Morgan fingerprint density at radius 2 is 1.88 bits per heavy atom. The van der Waals surface area contributed by atoms with Gasteiger partial charge in [-0.25, -0.2) is 4.39 Å². The third-order valence-electron chi connectivity index (χ3n) is 4.45. The van der Waals surface area contributed by atoms with Gasteiger partial charge in [-0.05, 0) is 35.8 Å². The van der Waals surface area contributed by atoms with Gasteiger partial charge in [0.1, 0.15) is 5.83 Å². The monoisotopic (exact) mass is 472 g/mol. The van der Waals surface area contributed by atoms with Crippen LogP contribution in [-0.4, -0.2) is 17.5 Å². The van der Waals surface area contributed by atoms with Crippen molar-refractivity contribution in [3.8, 4) is 0 Å². The maximum Gasteiger partial charge on any atom is 0.460 e. The van der Waals surface area contributed by atoms with E-state index in [1.54, 1.807) is 18.2 Å². The van der Waals surface area contributed by atoms with Crippen LogP contribution in [0.2, 0.25) is 5.02 Å². The average Bonchev–Trinajstić information content (AvgIpc) is 2.74. The van der Waals surface area contributed by atoms with Crippen LogP contribution in [0.1, 0.15) is 24.6 Å². The molecular formula is C23H22ClF5N2O. The molecule has 3 nitrogen and oxygen atoms in total. The smallest absolute Gasteiger partial charge is 0.436 e. The van der Waals surface area contributed by atoms with Gasteiger partial charge in [-0.1, -0.05) is 54.9 Å². The zero-order chi connectivity index (χ0) is 23.8. The van der Waals surface area contributed by atoms with Gasteiger partial charge in [0.15, 0.2) is 0 Å². The minimum Gasteiger partial charge on any atom is -0.436 e. The first-order valence-electron chi connectivity index (χ1n) is 9.61. The minimum absolute atomic E-state index is 0.178. The molecule has 0 saturated carbocycles. The van der Waals surface area contributed by atoms with E-state index in [9.17, 15) is 22.0 Å². The molecule has 2 aromatic rings. The van der Waals surface area contributed by atoms with Gasteiger partial charge in [-0.15, -0.1) is 0 Å². The molecule has 0 saturated heterocycles. The first-order chi connectivity index (χ1) is 15.1. The van der Waals surface area contributed by atoms with Crippen molar-refractivity contribution in [1.82, 2.24) is 4.98 Å².